The van der Waals surface area contributed by atoms with E-state index in [-0.39, 0.29) is 23.7 Å². The van der Waals surface area contributed by atoms with Gasteiger partial charge in [0.15, 0.2) is 5.82 Å². The van der Waals surface area contributed by atoms with Crippen molar-refractivity contribution in [2.24, 2.45) is 0 Å². The normalized spacial score (nSPS) is 17.1. The van der Waals surface area contributed by atoms with Crippen LogP contribution >= 0.6 is 0 Å². The lowest BCUT2D eigenvalue weighted by atomic mass is 10.1. The molecule has 1 amide bonds. The zero-order chi connectivity index (χ0) is 24.2. The number of nitro benzene ring substituents is 1. The molecule has 4 N–H and O–H groups in total. The molecular formula is C20H25FN4O7. The van der Waals surface area contributed by atoms with E-state index >= 15 is 0 Å². The number of carbonyl (C=O) groups excluding carboxylic acids is 1. The number of carboxylic acid groups (broad SMARTS) is 2. The molecule has 0 radical (unpaired) electrons. The third-order valence-corrected chi connectivity index (χ3v) is 5.03. The van der Waals surface area contributed by atoms with Crippen LogP contribution in [0.3, 0.4) is 0 Å². The van der Waals surface area contributed by atoms with Gasteiger partial charge in [-0.1, -0.05) is 6.58 Å². The average molecular weight is 452 g/mol. The summed E-state index contributed by atoms with van der Waals surface area (Å²) in [5.74, 6) is -3.71. The molecule has 1 heterocycles. The van der Waals surface area contributed by atoms with Crippen LogP contribution < -0.4 is 15.5 Å². The predicted octanol–water partition coefficient (Wildman–Crippen LogP) is 2.04. The van der Waals surface area contributed by atoms with Crippen LogP contribution in [0.15, 0.2) is 18.2 Å². The van der Waals surface area contributed by atoms with E-state index in [1.807, 2.05) is 4.90 Å². The van der Waals surface area contributed by atoms with Crippen LogP contribution in [0.1, 0.15) is 31.7 Å². The number of hydrogen-bond donors (Lipinski definition) is 4. The van der Waals surface area contributed by atoms with Crippen molar-refractivity contribution < 1.29 is 33.9 Å². The van der Waals surface area contributed by atoms with E-state index in [2.05, 4.69) is 17.2 Å². The molecule has 12 heteroatoms. The molecule has 3 rings (SSSR count). The molecule has 2 aliphatic rings. The Hall–Kier alpha value is -3.70. The second-order valence-electron chi connectivity index (χ2n) is 7.62. The van der Waals surface area contributed by atoms with E-state index in [0.717, 1.165) is 25.3 Å². The molecule has 174 valence electrons. The van der Waals surface area contributed by atoms with Crippen LogP contribution in [-0.4, -0.2) is 58.2 Å². The number of halogens is 1. The topological polar surface area (TPSA) is 162 Å². The quantitative estimate of drug-likeness (QED) is 0.159. The molecule has 0 bridgehead atoms. The summed E-state index contributed by atoms with van der Waals surface area (Å²) in [5, 5.41) is 33.0. The first-order valence-corrected chi connectivity index (χ1v) is 9.83. The van der Waals surface area contributed by atoms with Gasteiger partial charge in [0.2, 0.25) is 5.91 Å². The third-order valence-electron chi connectivity index (χ3n) is 5.03. The zero-order valence-corrected chi connectivity index (χ0v) is 17.7. The lowest BCUT2D eigenvalue weighted by molar-refractivity contribution is -0.384. The molecule has 0 spiro atoms. The van der Waals surface area contributed by atoms with Gasteiger partial charge in [-0.15, -0.1) is 0 Å². The van der Waals surface area contributed by atoms with Crippen molar-refractivity contribution in [3.05, 3.63) is 39.7 Å². The highest BCUT2D eigenvalue weighted by Crippen LogP contribution is 2.40. The van der Waals surface area contributed by atoms with Gasteiger partial charge in [0.25, 0.3) is 5.69 Å². The van der Waals surface area contributed by atoms with Crippen LogP contribution in [-0.2, 0) is 14.4 Å². The van der Waals surface area contributed by atoms with Gasteiger partial charge < -0.3 is 25.7 Å². The molecule has 1 atom stereocenters. The summed E-state index contributed by atoms with van der Waals surface area (Å²) in [6.45, 7) is 7.02. The summed E-state index contributed by atoms with van der Waals surface area (Å²) in [6, 6.07) is 1.20. The highest BCUT2D eigenvalue weighted by atomic mass is 19.1. The van der Waals surface area contributed by atoms with E-state index in [0.29, 0.717) is 30.0 Å². The monoisotopic (exact) mass is 452 g/mol. The number of aliphatic carboxylic acids is 2. The molecule has 1 saturated carbocycles. The Bertz CT molecular complexity index is 946. The maximum absolute atomic E-state index is 14.6. The molecule has 1 aromatic carbocycles. The summed E-state index contributed by atoms with van der Waals surface area (Å²) in [7, 11) is 0. The van der Waals surface area contributed by atoms with E-state index < -0.39 is 28.3 Å². The average Bonchev–Trinajstić information content (AvgIpc) is 3.40. The minimum absolute atomic E-state index is 0.0312. The summed E-state index contributed by atoms with van der Waals surface area (Å²) < 4.78 is 14.6. The smallest absolute Gasteiger partial charge is 0.342 e. The SMILES string of the molecule is C=C(C(=O)O)C(=O)O.CC(=O)NC1CCN(c2c(F)cc([N+](=O)[O-])c(NC3CC3)c2C)C1. The van der Waals surface area contributed by atoms with Gasteiger partial charge >= 0.3 is 11.9 Å². The van der Waals surface area contributed by atoms with Gasteiger partial charge in [-0.3, -0.25) is 14.9 Å². The standard InChI is InChI=1S/C16H21FN4O3.C4H4O4/c1-9-15(19-11-3-4-11)14(21(23)24)7-13(17)16(9)20-6-5-12(8-20)18-10(2)22;1-2(3(5)6)4(7)8/h7,11-12,19H,3-6,8H2,1-2H3,(H,18,22);1H2,(H,5,6)(H,7,8). The van der Waals surface area contributed by atoms with Crippen LogP contribution in [0.4, 0.5) is 21.5 Å². The Balaban J connectivity index is 0.000000390. The van der Waals surface area contributed by atoms with Crippen molar-refractivity contribution in [3.8, 4) is 0 Å². The molecule has 1 aliphatic heterocycles. The Morgan fingerprint density at radius 2 is 1.81 bits per heavy atom. The third kappa shape index (κ3) is 6.15. The van der Waals surface area contributed by atoms with Crippen molar-refractivity contribution in [2.75, 3.05) is 23.3 Å². The molecule has 1 saturated heterocycles. The number of nitrogens with zero attached hydrogens (tertiary/aromatic N) is 2. The Morgan fingerprint density at radius 3 is 2.25 bits per heavy atom. The number of nitro groups is 1. The minimum Gasteiger partial charge on any atom is -0.477 e. The molecule has 1 unspecified atom stereocenters. The van der Waals surface area contributed by atoms with Crippen molar-refractivity contribution in [3.63, 3.8) is 0 Å². The van der Waals surface area contributed by atoms with Gasteiger partial charge in [0, 0.05) is 37.7 Å². The molecule has 1 aromatic rings. The van der Waals surface area contributed by atoms with Crippen LogP contribution in [0.25, 0.3) is 0 Å². The number of carboxylic acids is 2. The highest BCUT2D eigenvalue weighted by Gasteiger charge is 2.32. The number of benzene rings is 1. The number of rotatable bonds is 7. The Kier molecular flexibility index (Phi) is 7.73. The first-order chi connectivity index (χ1) is 14.9. The fraction of sp³-hybridized carbons (Fsp3) is 0.450. The Labute approximate surface area is 183 Å². The second kappa shape index (κ2) is 10.1. The molecule has 0 aromatic heterocycles. The number of amides is 1. The molecule has 2 fully saturated rings. The van der Waals surface area contributed by atoms with Gasteiger partial charge in [0.1, 0.15) is 11.3 Å². The fourth-order valence-corrected chi connectivity index (χ4v) is 3.36. The predicted molar refractivity (Wildman–Crippen MR) is 113 cm³/mol. The Morgan fingerprint density at radius 1 is 1.22 bits per heavy atom. The van der Waals surface area contributed by atoms with Crippen LogP contribution in [0.5, 0.6) is 0 Å². The maximum Gasteiger partial charge on any atom is 0.342 e. The van der Waals surface area contributed by atoms with Crippen molar-refractivity contribution in [1.29, 1.82) is 0 Å². The summed E-state index contributed by atoms with van der Waals surface area (Å²) in [4.78, 5) is 43.1. The maximum atomic E-state index is 14.6. The summed E-state index contributed by atoms with van der Waals surface area (Å²) in [6.07, 6.45) is 2.66. The lowest BCUT2D eigenvalue weighted by Crippen LogP contribution is -2.35. The second-order valence-corrected chi connectivity index (χ2v) is 7.62. The van der Waals surface area contributed by atoms with Gasteiger partial charge in [0.05, 0.1) is 16.7 Å². The number of anilines is 2. The highest BCUT2D eigenvalue weighted by molar-refractivity contribution is 6.11. The van der Waals surface area contributed by atoms with Gasteiger partial charge in [-0.05, 0) is 26.2 Å². The van der Waals surface area contributed by atoms with Crippen molar-refractivity contribution >= 4 is 34.9 Å². The summed E-state index contributed by atoms with van der Waals surface area (Å²) >= 11 is 0. The largest absolute Gasteiger partial charge is 0.477 e. The molecule has 32 heavy (non-hydrogen) atoms. The van der Waals surface area contributed by atoms with Gasteiger partial charge in [-0.2, -0.15) is 0 Å². The number of nitrogens with one attached hydrogen (secondary N) is 2. The van der Waals surface area contributed by atoms with E-state index in [9.17, 15) is 28.9 Å². The summed E-state index contributed by atoms with van der Waals surface area (Å²) in [5.41, 5.74) is 0.304. The first-order valence-electron chi connectivity index (χ1n) is 9.83. The van der Waals surface area contributed by atoms with Crippen LogP contribution in [0.2, 0.25) is 0 Å². The lowest BCUT2D eigenvalue weighted by Gasteiger charge is -2.23. The van der Waals surface area contributed by atoms with Crippen molar-refractivity contribution in [2.45, 2.75) is 45.2 Å². The molecule has 1 aliphatic carbocycles. The van der Waals surface area contributed by atoms with Gasteiger partial charge in [-0.25, -0.2) is 14.0 Å². The number of carbonyl (C=O) groups is 3. The van der Waals surface area contributed by atoms with Crippen LogP contribution in [0, 0.1) is 22.9 Å². The molecule has 11 nitrogen and oxygen atoms in total. The minimum atomic E-state index is -1.50. The van der Waals surface area contributed by atoms with E-state index in [1.54, 1.807) is 6.92 Å². The number of hydrogen-bond acceptors (Lipinski definition) is 7. The van der Waals surface area contributed by atoms with E-state index in [1.165, 1.54) is 6.92 Å². The zero-order valence-electron chi connectivity index (χ0n) is 17.7. The first kappa shape index (κ1) is 24.6. The van der Waals surface area contributed by atoms with Crippen molar-refractivity contribution in [1.82, 2.24) is 5.32 Å². The molecular weight excluding hydrogens is 427 g/mol. The van der Waals surface area contributed by atoms with E-state index in [4.69, 9.17) is 10.2 Å². The fourth-order valence-electron chi connectivity index (χ4n) is 3.36.